The Kier molecular flexibility index (Phi) is 6.29. The van der Waals surface area contributed by atoms with Crippen LogP contribution in [0.3, 0.4) is 0 Å². The van der Waals surface area contributed by atoms with E-state index in [9.17, 15) is 0 Å². The summed E-state index contributed by atoms with van der Waals surface area (Å²) in [7, 11) is 0. The van der Waals surface area contributed by atoms with Crippen LogP contribution in [-0.2, 0) is 0 Å². The van der Waals surface area contributed by atoms with Gasteiger partial charge in [0.05, 0.1) is 22.2 Å². The van der Waals surface area contributed by atoms with Crippen molar-refractivity contribution >= 4 is 108 Å². The first-order valence-corrected chi connectivity index (χ1v) is 20.1. The molecule has 0 unspecified atom stereocenters. The summed E-state index contributed by atoms with van der Waals surface area (Å²) in [6, 6.07) is 63.0. The van der Waals surface area contributed by atoms with Gasteiger partial charge >= 0.3 is 0 Å². The highest BCUT2D eigenvalue weighted by Crippen LogP contribution is 2.45. The molecule has 4 nitrogen and oxygen atoms in total. The third-order valence-corrected chi connectivity index (χ3v) is 13.0. The molecule has 57 heavy (non-hydrogen) atoms. The monoisotopic (exact) mass is 743 g/mol. The van der Waals surface area contributed by atoms with Gasteiger partial charge in [-0.1, -0.05) is 133 Å². The second-order valence-electron chi connectivity index (χ2n) is 14.9. The molecule has 5 heteroatoms. The summed E-state index contributed by atoms with van der Waals surface area (Å²) in [5, 5.41) is 13.0. The molecule has 0 atom stereocenters. The van der Waals surface area contributed by atoms with Crippen molar-refractivity contribution in [1.29, 1.82) is 0 Å². The number of furan rings is 1. The smallest absolute Gasteiger partial charge is 0.161 e. The Bertz CT molecular complexity index is 3830. The fourth-order valence-electron chi connectivity index (χ4n) is 9.26. The molecule has 0 saturated heterocycles. The summed E-state index contributed by atoms with van der Waals surface area (Å²) in [6.07, 6.45) is 0. The van der Waals surface area contributed by atoms with Crippen LogP contribution in [-0.4, -0.2) is 14.5 Å². The lowest BCUT2D eigenvalue weighted by Crippen LogP contribution is -1.99. The zero-order valence-corrected chi connectivity index (χ0v) is 31.2. The molecule has 0 spiro atoms. The minimum atomic E-state index is 0.687. The van der Waals surface area contributed by atoms with E-state index in [0.29, 0.717) is 5.82 Å². The van der Waals surface area contributed by atoms with Crippen molar-refractivity contribution in [2.75, 3.05) is 0 Å². The molecule has 0 bridgehead atoms. The normalized spacial score (nSPS) is 12.2. The molecule has 0 amide bonds. The lowest BCUT2D eigenvalue weighted by atomic mass is 9.99. The van der Waals surface area contributed by atoms with Crippen molar-refractivity contribution in [2.24, 2.45) is 0 Å². The fraction of sp³-hybridized carbons (Fsp3) is 0. The van der Waals surface area contributed by atoms with Gasteiger partial charge in [-0.3, -0.25) is 0 Å². The minimum Gasteiger partial charge on any atom is -0.455 e. The number of nitrogens with zero attached hydrogens (tertiary/aromatic N) is 3. The molecule has 13 rings (SSSR count). The van der Waals surface area contributed by atoms with E-state index in [0.717, 1.165) is 60.9 Å². The van der Waals surface area contributed by atoms with Crippen LogP contribution in [0, 0.1) is 0 Å². The first-order valence-electron chi connectivity index (χ1n) is 19.2. The van der Waals surface area contributed by atoms with Crippen molar-refractivity contribution in [3.8, 4) is 28.3 Å². The summed E-state index contributed by atoms with van der Waals surface area (Å²) in [5.74, 6) is 0.687. The van der Waals surface area contributed by atoms with Gasteiger partial charge in [0.1, 0.15) is 11.2 Å². The van der Waals surface area contributed by atoms with Crippen LogP contribution in [0.1, 0.15) is 0 Å². The standard InChI is InChI=1S/C52H29N3OS/c1-2-13-32-30(12-1)24-25-37-33(32)26-27-38-34-14-4-8-21-45(34)55(49(37)38)31-28-42-36-16-6-10-23-47(36)57-51(42)43(29-31)52-53-44-20-7-3-17-40(44)48(54-52)41-19-11-18-39-35-15-5-9-22-46(35)56-50(39)41/h1-29H. The Labute approximate surface area is 329 Å². The molecule has 4 heterocycles. The Morgan fingerprint density at radius 2 is 1.16 bits per heavy atom. The second-order valence-corrected chi connectivity index (χ2v) is 15.9. The minimum absolute atomic E-state index is 0.687. The number of rotatable bonds is 3. The van der Waals surface area contributed by atoms with Gasteiger partial charge in [-0.15, -0.1) is 11.3 Å². The molecule has 264 valence electrons. The van der Waals surface area contributed by atoms with E-state index < -0.39 is 0 Å². The van der Waals surface area contributed by atoms with Crippen molar-refractivity contribution < 1.29 is 4.42 Å². The zero-order valence-electron chi connectivity index (χ0n) is 30.4. The summed E-state index contributed by atoms with van der Waals surface area (Å²) >= 11 is 1.81. The molecular weight excluding hydrogens is 715 g/mol. The van der Waals surface area contributed by atoms with Crippen LogP contribution in [0.5, 0.6) is 0 Å². The van der Waals surface area contributed by atoms with E-state index in [2.05, 4.69) is 168 Å². The van der Waals surface area contributed by atoms with Gasteiger partial charge in [0.2, 0.25) is 0 Å². The quantitative estimate of drug-likeness (QED) is 0.169. The maximum absolute atomic E-state index is 6.59. The summed E-state index contributed by atoms with van der Waals surface area (Å²) in [6.45, 7) is 0. The van der Waals surface area contributed by atoms with Gasteiger partial charge in [-0.25, -0.2) is 9.97 Å². The molecule has 0 aliphatic heterocycles. The van der Waals surface area contributed by atoms with E-state index in [4.69, 9.17) is 14.4 Å². The topological polar surface area (TPSA) is 43.9 Å². The third-order valence-electron chi connectivity index (χ3n) is 11.8. The van der Waals surface area contributed by atoms with Gasteiger partial charge < -0.3 is 8.98 Å². The number of para-hydroxylation sites is 4. The Hall–Kier alpha value is -7.34. The molecule has 13 aromatic rings. The van der Waals surface area contributed by atoms with E-state index in [-0.39, 0.29) is 0 Å². The van der Waals surface area contributed by atoms with Crippen LogP contribution >= 0.6 is 11.3 Å². The first-order chi connectivity index (χ1) is 28.3. The number of fused-ring (bicyclic) bond motifs is 14. The Morgan fingerprint density at radius 1 is 0.456 bits per heavy atom. The van der Waals surface area contributed by atoms with E-state index in [1.54, 1.807) is 11.3 Å². The molecular formula is C52H29N3OS. The van der Waals surface area contributed by atoms with Crippen LogP contribution < -0.4 is 0 Å². The summed E-state index contributed by atoms with van der Waals surface area (Å²) in [4.78, 5) is 10.9. The number of hydrogen-bond acceptors (Lipinski definition) is 4. The van der Waals surface area contributed by atoms with Crippen LogP contribution in [0.4, 0.5) is 0 Å². The maximum Gasteiger partial charge on any atom is 0.161 e. The van der Waals surface area contributed by atoms with Crippen LogP contribution in [0.25, 0.3) is 125 Å². The molecule has 9 aromatic carbocycles. The van der Waals surface area contributed by atoms with Crippen molar-refractivity contribution in [1.82, 2.24) is 14.5 Å². The van der Waals surface area contributed by atoms with Crippen LogP contribution in [0.2, 0.25) is 0 Å². The first kappa shape index (κ1) is 30.9. The number of hydrogen-bond donors (Lipinski definition) is 0. The average Bonchev–Trinajstić information content (AvgIpc) is 3.95. The summed E-state index contributed by atoms with van der Waals surface area (Å²) in [5.41, 5.74) is 8.83. The molecule has 0 fully saturated rings. The number of aromatic nitrogens is 3. The molecule has 0 radical (unpaired) electrons. The lowest BCUT2D eigenvalue weighted by molar-refractivity contribution is 0.670. The third kappa shape index (κ3) is 4.37. The Balaban J connectivity index is 1.16. The highest BCUT2D eigenvalue weighted by Gasteiger charge is 2.22. The maximum atomic E-state index is 6.59. The molecule has 0 aliphatic carbocycles. The van der Waals surface area contributed by atoms with Crippen molar-refractivity contribution in [2.45, 2.75) is 0 Å². The van der Waals surface area contributed by atoms with Crippen molar-refractivity contribution in [3.63, 3.8) is 0 Å². The zero-order chi connectivity index (χ0) is 37.2. The fourth-order valence-corrected chi connectivity index (χ4v) is 10.5. The van der Waals surface area contributed by atoms with Gasteiger partial charge in [0, 0.05) is 69.3 Å². The van der Waals surface area contributed by atoms with E-state index in [1.807, 2.05) is 12.1 Å². The Morgan fingerprint density at radius 3 is 2.09 bits per heavy atom. The van der Waals surface area contributed by atoms with Crippen LogP contribution in [0.15, 0.2) is 180 Å². The molecule has 0 aliphatic rings. The largest absolute Gasteiger partial charge is 0.455 e. The summed E-state index contributed by atoms with van der Waals surface area (Å²) < 4.78 is 11.5. The van der Waals surface area contributed by atoms with Gasteiger partial charge in [0.25, 0.3) is 0 Å². The average molecular weight is 744 g/mol. The number of benzene rings is 9. The predicted molar refractivity (Wildman–Crippen MR) is 240 cm³/mol. The van der Waals surface area contributed by atoms with Gasteiger partial charge in [-0.2, -0.15) is 0 Å². The second kappa shape index (κ2) is 11.6. The molecule has 4 aromatic heterocycles. The predicted octanol–water partition coefficient (Wildman–Crippen LogP) is 14.6. The van der Waals surface area contributed by atoms with E-state index >= 15 is 0 Å². The van der Waals surface area contributed by atoms with Crippen molar-refractivity contribution in [3.05, 3.63) is 176 Å². The van der Waals surface area contributed by atoms with E-state index in [1.165, 1.54) is 58.0 Å². The SMILES string of the molecule is c1ccc2c(c1)ccc1c2ccc2c3ccccc3n(-c3cc(-c4nc(-c5cccc6c5oc5ccccc56)c5ccccc5n4)c4sc5ccccc5c4c3)c12. The molecule has 0 saturated carbocycles. The lowest BCUT2D eigenvalue weighted by Gasteiger charge is -2.15. The highest BCUT2D eigenvalue weighted by atomic mass is 32.1. The molecule has 0 N–H and O–H groups in total. The van der Waals surface area contributed by atoms with Gasteiger partial charge in [0.15, 0.2) is 5.82 Å². The number of thiophene rings is 1. The highest BCUT2D eigenvalue weighted by molar-refractivity contribution is 7.26. The van der Waals surface area contributed by atoms with Gasteiger partial charge in [-0.05, 0) is 58.6 Å².